The number of halogens is 2. The number of benzene rings is 2. The van der Waals surface area contributed by atoms with Crippen LogP contribution < -0.4 is 10.1 Å². The van der Waals surface area contributed by atoms with Crippen molar-refractivity contribution in [2.24, 2.45) is 0 Å². The van der Waals surface area contributed by atoms with Crippen LogP contribution in [0.3, 0.4) is 0 Å². The molecule has 0 aliphatic heterocycles. The summed E-state index contributed by atoms with van der Waals surface area (Å²) in [7, 11) is 0. The standard InChI is InChI=1S/C15H13BrClNO2/c1-10(20-14-9-5-3-7-12(14)17)15(19)18-13-8-4-2-6-11(13)16/h2-10H,1H3,(H,18,19)/t10-/m1/s1. The van der Waals surface area contributed by atoms with Crippen LogP contribution in [0.5, 0.6) is 5.75 Å². The predicted molar refractivity (Wildman–Crippen MR) is 84.3 cm³/mol. The minimum absolute atomic E-state index is 0.239. The SMILES string of the molecule is C[C@@H](Oc1ccccc1Cl)C(=O)Nc1ccccc1Br. The van der Waals surface area contributed by atoms with E-state index in [2.05, 4.69) is 21.2 Å². The lowest BCUT2D eigenvalue weighted by Gasteiger charge is -2.16. The number of carbonyl (C=O) groups excluding carboxylic acids is 1. The molecule has 0 saturated carbocycles. The van der Waals surface area contributed by atoms with Crippen LogP contribution in [-0.2, 0) is 4.79 Å². The van der Waals surface area contributed by atoms with E-state index in [1.807, 2.05) is 24.3 Å². The van der Waals surface area contributed by atoms with Crippen LogP contribution in [0.2, 0.25) is 5.02 Å². The van der Waals surface area contributed by atoms with Gasteiger partial charge in [0.05, 0.1) is 10.7 Å². The first kappa shape index (κ1) is 14.9. The fraction of sp³-hybridized carbons (Fsp3) is 0.133. The Hall–Kier alpha value is -1.52. The average molecular weight is 355 g/mol. The Labute approximate surface area is 131 Å². The number of carbonyl (C=O) groups is 1. The van der Waals surface area contributed by atoms with E-state index in [1.54, 1.807) is 31.2 Å². The second-order valence-corrected chi connectivity index (χ2v) is 5.42. The molecule has 104 valence electrons. The molecule has 20 heavy (non-hydrogen) atoms. The van der Waals surface area contributed by atoms with Gasteiger partial charge >= 0.3 is 0 Å². The zero-order valence-corrected chi connectivity index (χ0v) is 13.1. The predicted octanol–water partition coefficient (Wildman–Crippen LogP) is 4.51. The molecule has 1 amide bonds. The molecule has 0 bridgehead atoms. The second-order valence-electron chi connectivity index (χ2n) is 4.16. The van der Waals surface area contributed by atoms with E-state index in [4.69, 9.17) is 16.3 Å². The highest BCUT2D eigenvalue weighted by atomic mass is 79.9. The highest BCUT2D eigenvalue weighted by molar-refractivity contribution is 9.10. The molecule has 3 nitrogen and oxygen atoms in total. The van der Waals surface area contributed by atoms with Gasteiger partial charge in [0.15, 0.2) is 6.10 Å². The first-order chi connectivity index (χ1) is 9.58. The van der Waals surface area contributed by atoms with E-state index in [9.17, 15) is 4.79 Å². The number of hydrogen-bond acceptors (Lipinski definition) is 2. The first-order valence-corrected chi connectivity index (χ1v) is 7.21. The summed E-state index contributed by atoms with van der Waals surface area (Å²) in [6.45, 7) is 1.68. The molecule has 0 saturated heterocycles. The Balaban J connectivity index is 2.03. The van der Waals surface area contributed by atoms with Crippen molar-refractivity contribution in [3.8, 4) is 5.75 Å². The van der Waals surface area contributed by atoms with Crippen molar-refractivity contribution in [3.63, 3.8) is 0 Å². The maximum atomic E-state index is 12.1. The van der Waals surface area contributed by atoms with E-state index in [1.165, 1.54) is 0 Å². The van der Waals surface area contributed by atoms with Gasteiger partial charge in [-0.05, 0) is 47.1 Å². The Morgan fingerprint density at radius 3 is 2.55 bits per heavy atom. The Bertz CT molecular complexity index is 618. The van der Waals surface area contributed by atoms with E-state index in [0.29, 0.717) is 16.5 Å². The van der Waals surface area contributed by atoms with Gasteiger partial charge in [-0.3, -0.25) is 4.79 Å². The molecule has 0 spiro atoms. The summed E-state index contributed by atoms with van der Waals surface area (Å²) in [4.78, 5) is 12.1. The normalized spacial score (nSPS) is 11.8. The van der Waals surface area contributed by atoms with Crippen molar-refractivity contribution in [1.29, 1.82) is 0 Å². The maximum absolute atomic E-state index is 12.1. The fourth-order valence-corrected chi connectivity index (χ4v) is 2.15. The third-order valence-corrected chi connectivity index (χ3v) is 3.65. The number of ether oxygens (including phenoxy) is 1. The molecule has 2 aromatic rings. The molecule has 5 heteroatoms. The number of anilines is 1. The number of nitrogens with one attached hydrogen (secondary N) is 1. The van der Waals surface area contributed by atoms with Crippen LogP contribution >= 0.6 is 27.5 Å². The number of hydrogen-bond donors (Lipinski definition) is 1. The molecule has 0 heterocycles. The zero-order valence-electron chi connectivity index (χ0n) is 10.8. The minimum Gasteiger partial charge on any atom is -0.479 e. The van der Waals surface area contributed by atoms with Crippen molar-refractivity contribution >= 4 is 39.1 Å². The Morgan fingerprint density at radius 1 is 1.20 bits per heavy atom. The lowest BCUT2D eigenvalue weighted by atomic mass is 10.3. The molecule has 0 aliphatic rings. The van der Waals surface area contributed by atoms with E-state index in [-0.39, 0.29) is 5.91 Å². The van der Waals surface area contributed by atoms with Gasteiger partial charge in [-0.25, -0.2) is 0 Å². The van der Waals surface area contributed by atoms with Gasteiger partial charge < -0.3 is 10.1 Å². The summed E-state index contributed by atoms with van der Waals surface area (Å²) >= 11 is 9.37. The van der Waals surface area contributed by atoms with Gasteiger partial charge in [-0.1, -0.05) is 35.9 Å². The summed E-state index contributed by atoms with van der Waals surface area (Å²) in [5, 5.41) is 3.28. The summed E-state index contributed by atoms with van der Waals surface area (Å²) in [6.07, 6.45) is -0.651. The molecule has 0 aliphatic carbocycles. The van der Waals surface area contributed by atoms with Crippen molar-refractivity contribution < 1.29 is 9.53 Å². The van der Waals surface area contributed by atoms with E-state index >= 15 is 0 Å². The van der Waals surface area contributed by atoms with Crippen LogP contribution in [0.25, 0.3) is 0 Å². The molecule has 0 radical (unpaired) electrons. The van der Waals surface area contributed by atoms with Crippen LogP contribution in [0, 0.1) is 0 Å². The number of amides is 1. The van der Waals surface area contributed by atoms with Gasteiger partial charge in [-0.2, -0.15) is 0 Å². The van der Waals surface area contributed by atoms with Gasteiger partial charge in [0.25, 0.3) is 5.91 Å². The average Bonchev–Trinajstić information content (AvgIpc) is 2.43. The Kier molecular flexibility index (Phi) is 5.04. The van der Waals surface area contributed by atoms with Crippen LogP contribution in [-0.4, -0.2) is 12.0 Å². The smallest absolute Gasteiger partial charge is 0.265 e. The number of para-hydroxylation sites is 2. The minimum atomic E-state index is -0.651. The van der Waals surface area contributed by atoms with E-state index < -0.39 is 6.10 Å². The molecule has 2 rings (SSSR count). The lowest BCUT2D eigenvalue weighted by molar-refractivity contribution is -0.122. The highest BCUT2D eigenvalue weighted by Crippen LogP contribution is 2.25. The van der Waals surface area contributed by atoms with Crippen LogP contribution in [0.1, 0.15) is 6.92 Å². The van der Waals surface area contributed by atoms with Gasteiger partial charge in [0.1, 0.15) is 5.75 Å². The van der Waals surface area contributed by atoms with E-state index in [0.717, 1.165) is 4.47 Å². The second kappa shape index (κ2) is 6.77. The molecular weight excluding hydrogens is 342 g/mol. The molecule has 2 aromatic carbocycles. The van der Waals surface area contributed by atoms with Crippen LogP contribution in [0.15, 0.2) is 53.0 Å². The molecule has 0 aromatic heterocycles. The van der Waals surface area contributed by atoms with Crippen molar-refractivity contribution in [2.75, 3.05) is 5.32 Å². The topological polar surface area (TPSA) is 38.3 Å². The van der Waals surface area contributed by atoms with Gasteiger partial charge in [0, 0.05) is 4.47 Å². The largest absolute Gasteiger partial charge is 0.479 e. The summed E-state index contributed by atoms with van der Waals surface area (Å²) in [5.41, 5.74) is 0.701. The fourth-order valence-electron chi connectivity index (χ4n) is 1.58. The molecule has 1 atom stereocenters. The van der Waals surface area contributed by atoms with Gasteiger partial charge in [-0.15, -0.1) is 0 Å². The molecular formula is C15H13BrClNO2. The summed E-state index contributed by atoms with van der Waals surface area (Å²) < 4.78 is 6.38. The van der Waals surface area contributed by atoms with Crippen molar-refractivity contribution in [1.82, 2.24) is 0 Å². The summed E-state index contributed by atoms with van der Waals surface area (Å²) in [6, 6.07) is 14.4. The van der Waals surface area contributed by atoms with Gasteiger partial charge in [0.2, 0.25) is 0 Å². The first-order valence-electron chi connectivity index (χ1n) is 6.04. The third-order valence-electron chi connectivity index (χ3n) is 2.64. The number of rotatable bonds is 4. The molecule has 0 unspecified atom stereocenters. The molecule has 1 N–H and O–H groups in total. The quantitative estimate of drug-likeness (QED) is 0.877. The highest BCUT2D eigenvalue weighted by Gasteiger charge is 2.16. The lowest BCUT2D eigenvalue weighted by Crippen LogP contribution is -2.30. The Morgan fingerprint density at radius 2 is 1.85 bits per heavy atom. The van der Waals surface area contributed by atoms with Crippen LogP contribution in [0.4, 0.5) is 5.69 Å². The van der Waals surface area contributed by atoms with Crippen molar-refractivity contribution in [2.45, 2.75) is 13.0 Å². The third kappa shape index (κ3) is 3.74. The maximum Gasteiger partial charge on any atom is 0.265 e. The van der Waals surface area contributed by atoms with Crippen molar-refractivity contribution in [3.05, 3.63) is 58.0 Å². The zero-order chi connectivity index (χ0) is 14.5. The summed E-state index contributed by atoms with van der Waals surface area (Å²) in [5.74, 6) is 0.251. The molecule has 0 fully saturated rings. The monoisotopic (exact) mass is 353 g/mol.